The smallest absolute Gasteiger partial charge is 0.422 e. The van der Waals surface area contributed by atoms with Crippen LogP contribution in [0.4, 0.5) is 18.9 Å². The predicted molar refractivity (Wildman–Crippen MR) is 149 cm³/mol. The van der Waals surface area contributed by atoms with Gasteiger partial charge in [-0.2, -0.15) is 13.2 Å². The van der Waals surface area contributed by atoms with Gasteiger partial charge in [-0.05, 0) is 61.7 Å². The van der Waals surface area contributed by atoms with E-state index in [4.69, 9.17) is 30.9 Å². The summed E-state index contributed by atoms with van der Waals surface area (Å²) in [4.78, 5) is 38.3. The Balaban J connectivity index is 1.73. The summed E-state index contributed by atoms with van der Waals surface area (Å²) >= 11 is 6.13. The normalized spacial score (nSPS) is 16.0. The number of alkyl halides is 3. The van der Waals surface area contributed by atoms with Crippen molar-refractivity contribution in [1.82, 2.24) is 4.57 Å². The summed E-state index contributed by atoms with van der Waals surface area (Å²) in [5.41, 5.74) is -0.0543. The number of amides is 1. The van der Waals surface area contributed by atoms with Crippen molar-refractivity contribution in [2.45, 2.75) is 44.0 Å². The number of aromatic nitrogens is 1. The fourth-order valence-electron chi connectivity index (χ4n) is 4.65. The first-order valence-electron chi connectivity index (χ1n) is 13.0. The summed E-state index contributed by atoms with van der Waals surface area (Å²) in [6, 6.07) is 9.61. The first-order chi connectivity index (χ1) is 19.9. The van der Waals surface area contributed by atoms with E-state index in [0.717, 1.165) is 18.9 Å². The van der Waals surface area contributed by atoms with Crippen LogP contribution in [0, 0.1) is 0 Å². The zero-order chi connectivity index (χ0) is 30.4. The van der Waals surface area contributed by atoms with E-state index in [0.29, 0.717) is 18.7 Å². The number of benzene rings is 2. The Hall–Kier alpha value is -4.03. The largest absolute Gasteiger partial charge is 0.495 e. The van der Waals surface area contributed by atoms with Gasteiger partial charge in [0.1, 0.15) is 17.5 Å². The number of halogens is 4. The maximum Gasteiger partial charge on any atom is 0.422 e. The highest BCUT2D eigenvalue weighted by atomic mass is 35.5. The molecule has 4 rings (SSSR count). The average Bonchev–Trinajstić information content (AvgIpc) is 2.95. The highest BCUT2D eigenvalue weighted by Crippen LogP contribution is 2.38. The lowest BCUT2D eigenvalue weighted by molar-refractivity contribution is -0.153. The lowest BCUT2D eigenvalue weighted by atomic mass is 10.00. The number of nitrogens with zero attached hydrogens (tertiary/aromatic N) is 1. The first kappa shape index (κ1) is 30.9. The lowest BCUT2D eigenvalue weighted by Gasteiger charge is -2.28. The molecule has 0 bridgehead atoms. The third kappa shape index (κ3) is 7.83. The van der Waals surface area contributed by atoms with Crippen molar-refractivity contribution >= 4 is 29.2 Å². The zero-order valence-corrected chi connectivity index (χ0v) is 23.2. The molecule has 224 valence electrons. The van der Waals surface area contributed by atoms with Crippen LogP contribution < -0.4 is 20.3 Å². The third-order valence-corrected chi connectivity index (χ3v) is 6.92. The molecular weight excluding hydrogens is 581 g/mol. The number of hydrogen-bond donors (Lipinski definition) is 2. The van der Waals surface area contributed by atoms with Crippen LogP contribution in [0.3, 0.4) is 0 Å². The second-order valence-electron chi connectivity index (χ2n) is 9.66. The molecule has 9 nitrogen and oxygen atoms in total. The fraction of sp³-hybridized carbons (Fsp3) is 0.345. The van der Waals surface area contributed by atoms with Crippen LogP contribution in [0.15, 0.2) is 59.5 Å². The van der Waals surface area contributed by atoms with Gasteiger partial charge in [-0.3, -0.25) is 14.2 Å². The number of nitrogens with one attached hydrogen (secondary N) is 1. The van der Waals surface area contributed by atoms with Crippen molar-refractivity contribution in [3.63, 3.8) is 0 Å². The third-order valence-electron chi connectivity index (χ3n) is 6.69. The van der Waals surface area contributed by atoms with Gasteiger partial charge in [0.05, 0.1) is 25.0 Å². The molecule has 1 saturated heterocycles. The van der Waals surface area contributed by atoms with E-state index in [-0.39, 0.29) is 45.7 Å². The lowest BCUT2D eigenvalue weighted by Crippen LogP contribution is -2.36. The summed E-state index contributed by atoms with van der Waals surface area (Å²) < 4.78 is 56.2. The molecule has 1 aromatic heterocycles. The minimum Gasteiger partial charge on any atom is -0.495 e. The number of ether oxygens (including phenoxy) is 3. The summed E-state index contributed by atoms with van der Waals surface area (Å²) in [7, 11) is 1.32. The molecule has 2 N–H and O–H groups in total. The molecule has 1 aliphatic rings. The summed E-state index contributed by atoms with van der Waals surface area (Å²) in [5.74, 6) is -1.75. The highest BCUT2D eigenvalue weighted by molar-refractivity contribution is 6.31. The van der Waals surface area contributed by atoms with Gasteiger partial charge in [-0.15, -0.1) is 0 Å². The van der Waals surface area contributed by atoms with E-state index < -0.39 is 36.3 Å². The fourth-order valence-corrected chi connectivity index (χ4v) is 4.83. The molecule has 13 heteroatoms. The van der Waals surface area contributed by atoms with E-state index in [1.165, 1.54) is 60.3 Å². The Morgan fingerprint density at radius 2 is 1.83 bits per heavy atom. The van der Waals surface area contributed by atoms with E-state index in [1.807, 2.05) is 0 Å². The minimum atomic E-state index is -4.60. The number of carbonyl (C=O) groups excluding carboxylic acids is 1. The monoisotopic (exact) mass is 608 g/mol. The number of methoxy groups -OCH3 is 1. The summed E-state index contributed by atoms with van der Waals surface area (Å²) in [6.45, 7) is -1.04. The maximum atomic E-state index is 13.6. The minimum absolute atomic E-state index is 0.0382. The molecular formula is C29H28ClF3N2O7. The first-order valence-corrected chi connectivity index (χ1v) is 13.4. The molecule has 0 spiro atoms. The number of carbonyl (C=O) groups is 2. The number of anilines is 1. The van der Waals surface area contributed by atoms with Gasteiger partial charge in [0.2, 0.25) is 5.91 Å². The van der Waals surface area contributed by atoms with Gasteiger partial charge >= 0.3 is 12.1 Å². The molecule has 1 fully saturated rings. The van der Waals surface area contributed by atoms with Crippen molar-refractivity contribution in [3.05, 3.63) is 75.7 Å². The number of pyridine rings is 1. The number of aromatic carboxylic acids is 1. The summed E-state index contributed by atoms with van der Waals surface area (Å²) in [6.07, 6.45) is -0.988. The molecule has 2 aromatic carbocycles. The molecule has 1 unspecified atom stereocenters. The van der Waals surface area contributed by atoms with Gasteiger partial charge in [0, 0.05) is 40.9 Å². The van der Waals surface area contributed by atoms with E-state index in [1.54, 1.807) is 0 Å². The van der Waals surface area contributed by atoms with Crippen LogP contribution in [0.5, 0.6) is 11.5 Å². The topological polar surface area (TPSA) is 116 Å². The van der Waals surface area contributed by atoms with Crippen LogP contribution in [-0.4, -0.2) is 54.2 Å². The molecule has 1 aliphatic heterocycles. The van der Waals surface area contributed by atoms with Crippen molar-refractivity contribution in [2.75, 3.05) is 25.6 Å². The SMILES string of the molecule is COc1cn(C(C[C@H]2CCCCO2)C(=O)Nc2ccc(C(=O)O)cc2)c(=O)cc1-c1cc(Cl)ccc1OCC(F)(F)F. The van der Waals surface area contributed by atoms with Crippen molar-refractivity contribution in [3.8, 4) is 22.6 Å². The van der Waals surface area contributed by atoms with Crippen LogP contribution in [-0.2, 0) is 9.53 Å². The van der Waals surface area contributed by atoms with Crippen LogP contribution in [0.2, 0.25) is 5.02 Å². The molecule has 42 heavy (non-hydrogen) atoms. The number of carboxylic acid groups (broad SMARTS) is 1. The average molecular weight is 609 g/mol. The van der Waals surface area contributed by atoms with Gasteiger partial charge < -0.3 is 24.6 Å². The van der Waals surface area contributed by atoms with E-state index in [9.17, 15) is 27.6 Å². The molecule has 0 saturated carbocycles. The van der Waals surface area contributed by atoms with Crippen molar-refractivity contribution in [1.29, 1.82) is 0 Å². The Kier molecular flexibility index (Phi) is 9.79. The van der Waals surface area contributed by atoms with Crippen molar-refractivity contribution < 1.29 is 42.1 Å². The highest BCUT2D eigenvalue weighted by Gasteiger charge is 2.31. The molecule has 0 radical (unpaired) electrons. The molecule has 3 aromatic rings. The quantitative estimate of drug-likeness (QED) is 0.292. The Morgan fingerprint density at radius 3 is 2.45 bits per heavy atom. The van der Waals surface area contributed by atoms with Crippen molar-refractivity contribution in [2.24, 2.45) is 0 Å². The second-order valence-corrected chi connectivity index (χ2v) is 10.1. The van der Waals surface area contributed by atoms with E-state index in [2.05, 4.69) is 5.32 Å². The number of hydrogen-bond acceptors (Lipinski definition) is 6. The standard InChI is InChI=1S/C29H28ClF3N2O7/c1-40-25-15-35(26(36)14-22(25)21-12-18(30)7-10-24(21)42-16-29(31,32)33)23(13-20-4-2-3-11-41-20)27(37)34-19-8-5-17(6-9-19)28(38)39/h5-10,12,14-15,20,23H,2-4,11,13,16H2,1H3,(H,34,37)(H,38,39)/t20-,23?/m1/s1. The molecule has 0 aliphatic carbocycles. The second kappa shape index (κ2) is 13.3. The molecule has 1 amide bonds. The molecule has 2 atom stereocenters. The maximum absolute atomic E-state index is 13.6. The molecule has 2 heterocycles. The van der Waals surface area contributed by atoms with E-state index >= 15 is 0 Å². The Labute approximate surface area is 243 Å². The van der Waals surface area contributed by atoms with Gasteiger partial charge in [-0.25, -0.2) is 4.79 Å². The van der Waals surface area contributed by atoms with Gasteiger partial charge in [-0.1, -0.05) is 11.6 Å². The predicted octanol–water partition coefficient (Wildman–Crippen LogP) is 5.96. The zero-order valence-electron chi connectivity index (χ0n) is 22.4. The van der Waals surface area contributed by atoms with Crippen LogP contribution in [0.1, 0.15) is 42.1 Å². The van der Waals surface area contributed by atoms with Gasteiger partial charge in [0.25, 0.3) is 5.56 Å². The number of rotatable bonds is 10. The number of carboxylic acids is 1. The Morgan fingerprint density at radius 1 is 1.12 bits per heavy atom. The van der Waals surface area contributed by atoms with Crippen LogP contribution >= 0.6 is 11.6 Å². The Bertz CT molecular complexity index is 1490. The van der Waals surface area contributed by atoms with Crippen LogP contribution in [0.25, 0.3) is 11.1 Å². The summed E-state index contributed by atoms with van der Waals surface area (Å²) in [5, 5.41) is 12.1. The van der Waals surface area contributed by atoms with Gasteiger partial charge in [0.15, 0.2) is 6.61 Å².